The summed E-state index contributed by atoms with van der Waals surface area (Å²) in [5.74, 6) is 6.45. The lowest BCUT2D eigenvalue weighted by Gasteiger charge is -2.11. The van der Waals surface area contributed by atoms with Crippen molar-refractivity contribution in [2.75, 3.05) is 18.9 Å². The van der Waals surface area contributed by atoms with Crippen LogP contribution in [-0.2, 0) is 6.54 Å². The van der Waals surface area contributed by atoms with Crippen molar-refractivity contribution in [1.29, 1.82) is 0 Å². The number of pyridine rings is 1. The molecule has 0 bridgehead atoms. The number of hydrogen-bond acceptors (Lipinski definition) is 5. The summed E-state index contributed by atoms with van der Waals surface area (Å²) in [5, 5.41) is 2.32. The summed E-state index contributed by atoms with van der Waals surface area (Å²) in [6.07, 6.45) is 0. The quantitative estimate of drug-likeness (QED) is 0.621. The number of ether oxygens (including phenoxy) is 1. The van der Waals surface area contributed by atoms with Gasteiger partial charge < -0.3 is 10.5 Å². The van der Waals surface area contributed by atoms with Gasteiger partial charge in [0.1, 0.15) is 6.61 Å². The molecule has 5 nitrogen and oxygen atoms in total. The monoisotopic (exact) mass is 290 g/mol. The highest BCUT2D eigenvalue weighted by Gasteiger charge is 2.15. The van der Waals surface area contributed by atoms with Gasteiger partial charge in [-0.1, -0.05) is 17.7 Å². The van der Waals surface area contributed by atoms with Crippen LogP contribution >= 0.6 is 11.6 Å². The summed E-state index contributed by atoms with van der Waals surface area (Å²) < 4.78 is 5.64. The molecule has 0 saturated heterocycles. The van der Waals surface area contributed by atoms with Crippen LogP contribution in [-0.4, -0.2) is 23.1 Å². The first kappa shape index (κ1) is 13.2. The fourth-order valence-corrected chi connectivity index (χ4v) is 2.37. The van der Waals surface area contributed by atoms with E-state index in [4.69, 9.17) is 27.9 Å². The first-order valence-electron chi connectivity index (χ1n) is 6.31. The van der Waals surface area contributed by atoms with E-state index in [1.54, 1.807) is 17.1 Å². The van der Waals surface area contributed by atoms with Crippen LogP contribution in [0.1, 0.15) is 5.56 Å². The SMILES string of the molecule is Nc1cc(Cl)ccc1-c1ccc2c(n1)OCCN(N)C2. The Labute approximate surface area is 122 Å². The van der Waals surface area contributed by atoms with Gasteiger partial charge in [0.25, 0.3) is 0 Å². The molecule has 4 N–H and O–H groups in total. The molecule has 0 unspecified atom stereocenters. The van der Waals surface area contributed by atoms with E-state index in [9.17, 15) is 0 Å². The van der Waals surface area contributed by atoms with Crippen LogP contribution in [0.3, 0.4) is 0 Å². The second-order valence-corrected chi connectivity index (χ2v) is 5.15. The number of nitrogen functional groups attached to an aromatic ring is 1. The molecule has 3 rings (SSSR count). The van der Waals surface area contributed by atoms with Gasteiger partial charge in [0.05, 0.1) is 5.69 Å². The first-order chi connectivity index (χ1) is 9.63. The Hall–Kier alpha value is -1.82. The predicted octanol–water partition coefficient (Wildman–Crippen LogP) is 2.05. The summed E-state index contributed by atoms with van der Waals surface area (Å²) >= 11 is 5.91. The second kappa shape index (κ2) is 5.28. The maximum absolute atomic E-state index is 5.99. The fraction of sp³-hybridized carbons (Fsp3) is 0.214. The number of anilines is 1. The van der Waals surface area contributed by atoms with Crippen LogP contribution < -0.4 is 16.3 Å². The molecule has 2 heterocycles. The zero-order valence-electron chi connectivity index (χ0n) is 10.8. The van der Waals surface area contributed by atoms with Crippen molar-refractivity contribution < 1.29 is 4.74 Å². The summed E-state index contributed by atoms with van der Waals surface area (Å²) in [6, 6.07) is 9.26. The number of halogens is 1. The number of benzene rings is 1. The van der Waals surface area contributed by atoms with Crippen LogP contribution in [0.4, 0.5) is 5.69 Å². The van der Waals surface area contributed by atoms with E-state index in [1.165, 1.54) is 0 Å². The van der Waals surface area contributed by atoms with E-state index in [-0.39, 0.29) is 0 Å². The molecule has 20 heavy (non-hydrogen) atoms. The highest BCUT2D eigenvalue weighted by Crippen LogP contribution is 2.30. The Morgan fingerprint density at radius 3 is 2.90 bits per heavy atom. The normalized spacial score (nSPS) is 15.3. The molecular formula is C14H15ClN4O. The van der Waals surface area contributed by atoms with E-state index in [1.807, 2.05) is 18.2 Å². The molecule has 0 saturated carbocycles. The van der Waals surface area contributed by atoms with E-state index < -0.39 is 0 Å². The molecule has 0 spiro atoms. The Kier molecular flexibility index (Phi) is 3.48. The average Bonchev–Trinajstić information content (AvgIpc) is 2.58. The van der Waals surface area contributed by atoms with Crippen LogP contribution in [0.25, 0.3) is 11.3 Å². The number of rotatable bonds is 1. The third-order valence-electron chi connectivity index (χ3n) is 3.22. The molecule has 1 aliphatic rings. The van der Waals surface area contributed by atoms with Gasteiger partial charge in [0.15, 0.2) is 0 Å². The fourth-order valence-electron chi connectivity index (χ4n) is 2.19. The van der Waals surface area contributed by atoms with Crippen LogP contribution in [0.2, 0.25) is 5.02 Å². The van der Waals surface area contributed by atoms with Gasteiger partial charge in [-0.25, -0.2) is 9.99 Å². The molecule has 0 amide bonds. The summed E-state index contributed by atoms with van der Waals surface area (Å²) in [7, 11) is 0. The number of nitrogens with two attached hydrogens (primary N) is 2. The van der Waals surface area contributed by atoms with Gasteiger partial charge in [-0.05, 0) is 24.3 Å². The van der Waals surface area contributed by atoms with Crippen molar-refractivity contribution in [3.05, 3.63) is 40.9 Å². The number of fused-ring (bicyclic) bond motifs is 1. The largest absolute Gasteiger partial charge is 0.476 e. The molecule has 1 aromatic heterocycles. The zero-order chi connectivity index (χ0) is 14.1. The number of nitrogens with zero attached hydrogens (tertiary/aromatic N) is 2. The van der Waals surface area contributed by atoms with Gasteiger partial charge in [-0.3, -0.25) is 5.84 Å². The van der Waals surface area contributed by atoms with Crippen molar-refractivity contribution in [1.82, 2.24) is 9.99 Å². The van der Waals surface area contributed by atoms with Gasteiger partial charge in [0.2, 0.25) is 5.88 Å². The lowest BCUT2D eigenvalue weighted by Crippen LogP contribution is -2.32. The van der Waals surface area contributed by atoms with Crippen LogP contribution in [0.15, 0.2) is 30.3 Å². The molecule has 0 aliphatic carbocycles. The third kappa shape index (κ3) is 2.56. The molecule has 6 heteroatoms. The molecule has 0 radical (unpaired) electrons. The van der Waals surface area contributed by atoms with E-state index in [0.29, 0.717) is 36.3 Å². The van der Waals surface area contributed by atoms with Crippen molar-refractivity contribution in [2.45, 2.75) is 6.54 Å². The van der Waals surface area contributed by atoms with Crippen molar-refractivity contribution in [3.8, 4) is 17.1 Å². The summed E-state index contributed by atoms with van der Waals surface area (Å²) in [4.78, 5) is 4.54. The maximum atomic E-state index is 5.99. The minimum absolute atomic E-state index is 0.524. The second-order valence-electron chi connectivity index (χ2n) is 4.71. The van der Waals surface area contributed by atoms with E-state index in [2.05, 4.69) is 4.98 Å². The Balaban J connectivity index is 2.01. The Morgan fingerprint density at radius 2 is 2.10 bits per heavy atom. The molecule has 2 aromatic rings. The van der Waals surface area contributed by atoms with Crippen molar-refractivity contribution >= 4 is 17.3 Å². The van der Waals surface area contributed by atoms with Crippen LogP contribution in [0, 0.1) is 0 Å². The summed E-state index contributed by atoms with van der Waals surface area (Å²) in [5.41, 5.74) is 9.17. The standard InChI is InChI=1S/C14H15ClN4O/c15-10-2-3-11(12(16)7-10)13-4-1-9-8-19(17)5-6-20-14(9)18-13/h1-4,7H,5-6,8,16-17H2. The van der Waals surface area contributed by atoms with Crippen molar-refractivity contribution in [3.63, 3.8) is 0 Å². The number of hydrazine groups is 1. The van der Waals surface area contributed by atoms with Gasteiger partial charge >= 0.3 is 0 Å². The summed E-state index contributed by atoms with van der Waals surface area (Å²) in [6.45, 7) is 1.82. The minimum atomic E-state index is 0.524. The zero-order valence-corrected chi connectivity index (χ0v) is 11.6. The lowest BCUT2D eigenvalue weighted by molar-refractivity contribution is 0.228. The van der Waals surface area contributed by atoms with Crippen molar-refractivity contribution in [2.24, 2.45) is 5.84 Å². The van der Waals surface area contributed by atoms with Gasteiger partial charge in [-0.15, -0.1) is 0 Å². The third-order valence-corrected chi connectivity index (χ3v) is 3.45. The van der Waals surface area contributed by atoms with E-state index >= 15 is 0 Å². The number of aromatic nitrogens is 1. The minimum Gasteiger partial charge on any atom is -0.476 e. The molecule has 1 aliphatic heterocycles. The predicted molar refractivity (Wildman–Crippen MR) is 79.2 cm³/mol. The molecule has 1 aromatic carbocycles. The lowest BCUT2D eigenvalue weighted by atomic mass is 10.1. The highest BCUT2D eigenvalue weighted by molar-refractivity contribution is 6.31. The van der Waals surface area contributed by atoms with Gasteiger partial charge in [0, 0.05) is 34.9 Å². The molecule has 0 fully saturated rings. The van der Waals surface area contributed by atoms with Crippen LogP contribution in [0.5, 0.6) is 5.88 Å². The Morgan fingerprint density at radius 1 is 1.25 bits per heavy atom. The van der Waals surface area contributed by atoms with E-state index in [0.717, 1.165) is 16.8 Å². The first-order valence-corrected chi connectivity index (χ1v) is 6.69. The maximum Gasteiger partial charge on any atom is 0.218 e. The highest BCUT2D eigenvalue weighted by atomic mass is 35.5. The Bertz CT molecular complexity index is 647. The molecule has 104 valence electrons. The molecule has 0 atom stereocenters. The van der Waals surface area contributed by atoms with Gasteiger partial charge in [-0.2, -0.15) is 0 Å². The topological polar surface area (TPSA) is 77.4 Å². The molecular weight excluding hydrogens is 276 g/mol. The smallest absolute Gasteiger partial charge is 0.218 e. The average molecular weight is 291 g/mol. The number of hydrogen-bond donors (Lipinski definition) is 2.